The summed E-state index contributed by atoms with van der Waals surface area (Å²) in [6, 6.07) is 19.5. The van der Waals surface area contributed by atoms with E-state index in [1.165, 1.54) is 23.1 Å². The first-order chi connectivity index (χ1) is 8.66. The third-order valence-electron chi connectivity index (χ3n) is 3.76. The van der Waals surface area contributed by atoms with Crippen LogP contribution in [-0.2, 0) is 6.42 Å². The molecule has 0 nitrogen and oxygen atoms in total. The Morgan fingerprint density at radius 3 is 1.83 bits per heavy atom. The molecule has 18 heavy (non-hydrogen) atoms. The van der Waals surface area contributed by atoms with Crippen molar-refractivity contribution in [2.24, 2.45) is 11.8 Å². The number of benzene rings is 2. The van der Waals surface area contributed by atoms with Gasteiger partial charge >= 0.3 is 0 Å². The van der Waals surface area contributed by atoms with Crippen molar-refractivity contribution in [2.45, 2.75) is 27.2 Å². The van der Waals surface area contributed by atoms with Crippen molar-refractivity contribution in [1.29, 1.82) is 0 Å². The smallest absolute Gasteiger partial charge is 0.0184 e. The summed E-state index contributed by atoms with van der Waals surface area (Å²) in [7, 11) is 0. The molecule has 0 aliphatic heterocycles. The third kappa shape index (κ3) is 3.22. The standard InChI is InChI=1S/C18H22/c1-14(2)15(3)13-16-9-11-18(12-10-16)17-7-5-4-6-8-17/h4-12,14-15H,13H2,1-3H3/t15-/m0/s1. The van der Waals surface area contributed by atoms with Crippen LogP contribution in [0, 0.1) is 11.8 Å². The maximum Gasteiger partial charge on any atom is -0.0184 e. The summed E-state index contributed by atoms with van der Waals surface area (Å²) in [4.78, 5) is 0. The Balaban J connectivity index is 2.11. The van der Waals surface area contributed by atoms with Gasteiger partial charge in [-0.15, -0.1) is 0 Å². The van der Waals surface area contributed by atoms with Gasteiger partial charge in [0.25, 0.3) is 0 Å². The molecule has 0 heterocycles. The van der Waals surface area contributed by atoms with Crippen molar-refractivity contribution in [3.63, 3.8) is 0 Å². The summed E-state index contributed by atoms with van der Waals surface area (Å²) in [6.07, 6.45) is 1.17. The van der Waals surface area contributed by atoms with E-state index >= 15 is 0 Å². The summed E-state index contributed by atoms with van der Waals surface area (Å²) in [5.74, 6) is 1.49. The van der Waals surface area contributed by atoms with Gasteiger partial charge in [0.05, 0.1) is 0 Å². The van der Waals surface area contributed by atoms with E-state index < -0.39 is 0 Å². The highest BCUT2D eigenvalue weighted by molar-refractivity contribution is 5.63. The van der Waals surface area contributed by atoms with Crippen LogP contribution >= 0.6 is 0 Å². The topological polar surface area (TPSA) is 0 Å². The molecule has 0 radical (unpaired) electrons. The molecule has 0 bridgehead atoms. The van der Waals surface area contributed by atoms with Crippen molar-refractivity contribution in [3.05, 3.63) is 60.2 Å². The molecule has 2 aromatic carbocycles. The molecule has 0 aliphatic carbocycles. The van der Waals surface area contributed by atoms with Crippen molar-refractivity contribution in [2.75, 3.05) is 0 Å². The normalized spacial score (nSPS) is 12.7. The van der Waals surface area contributed by atoms with Gasteiger partial charge < -0.3 is 0 Å². The predicted molar refractivity (Wildman–Crippen MR) is 79.6 cm³/mol. The minimum absolute atomic E-state index is 0.743. The fourth-order valence-electron chi connectivity index (χ4n) is 2.07. The Morgan fingerprint density at radius 2 is 1.28 bits per heavy atom. The molecule has 2 aromatic rings. The number of rotatable bonds is 4. The fourth-order valence-corrected chi connectivity index (χ4v) is 2.07. The van der Waals surface area contributed by atoms with Crippen LogP contribution in [0.5, 0.6) is 0 Å². The zero-order chi connectivity index (χ0) is 13.0. The van der Waals surface area contributed by atoms with Crippen molar-refractivity contribution in [1.82, 2.24) is 0 Å². The Kier molecular flexibility index (Phi) is 4.19. The lowest BCUT2D eigenvalue weighted by Gasteiger charge is -2.15. The van der Waals surface area contributed by atoms with Crippen LogP contribution in [0.1, 0.15) is 26.3 Å². The van der Waals surface area contributed by atoms with Gasteiger partial charge in [-0.25, -0.2) is 0 Å². The van der Waals surface area contributed by atoms with E-state index in [1.54, 1.807) is 0 Å². The molecule has 0 spiro atoms. The predicted octanol–water partition coefficient (Wildman–Crippen LogP) is 5.19. The molecule has 0 saturated carbocycles. The lowest BCUT2D eigenvalue weighted by molar-refractivity contribution is 0.417. The molecule has 0 fully saturated rings. The van der Waals surface area contributed by atoms with E-state index in [0.717, 1.165) is 11.8 Å². The molecule has 0 heteroatoms. The summed E-state index contributed by atoms with van der Waals surface area (Å²) in [6.45, 7) is 6.92. The molecule has 1 atom stereocenters. The van der Waals surface area contributed by atoms with Gasteiger partial charge in [-0.2, -0.15) is 0 Å². The lowest BCUT2D eigenvalue weighted by Crippen LogP contribution is -2.07. The second-order valence-electron chi connectivity index (χ2n) is 5.49. The molecule has 0 unspecified atom stereocenters. The molecule has 2 rings (SSSR count). The summed E-state index contributed by atoms with van der Waals surface area (Å²) in [5, 5.41) is 0. The summed E-state index contributed by atoms with van der Waals surface area (Å²) in [5.41, 5.74) is 4.04. The number of hydrogen-bond acceptors (Lipinski definition) is 0. The minimum Gasteiger partial charge on any atom is -0.0625 e. The van der Waals surface area contributed by atoms with Gasteiger partial charge in [0.15, 0.2) is 0 Å². The first-order valence-electron chi connectivity index (χ1n) is 6.81. The van der Waals surface area contributed by atoms with Crippen LogP contribution < -0.4 is 0 Å². The van der Waals surface area contributed by atoms with Gasteiger partial charge in [0.2, 0.25) is 0 Å². The molecular weight excluding hydrogens is 216 g/mol. The van der Waals surface area contributed by atoms with Gasteiger partial charge in [-0.3, -0.25) is 0 Å². The largest absolute Gasteiger partial charge is 0.0625 e. The van der Waals surface area contributed by atoms with Crippen molar-refractivity contribution in [3.8, 4) is 11.1 Å². The highest BCUT2D eigenvalue weighted by Gasteiger charge is 2.07. The van der Waals surface area contributed by atoms with Crippen LogP contribution in [0.2, 0.25) is 0 Å². The van der Waals surface area contributed by atoms with Gasteiger partial charge in [0.1, 0.15) is 0 Å². The second-order valence-corrected chi connectivity index (χ2v) is 5.49. The molecule has 0 N–H and O–H groups in total. The molecule has 0 amide bonds. The third-order valence-corrected chi connectivity index (χ3v) is 3.76. The average molecular weight is 238 g/mol. The van der Waals surface area contributed by atoms with Crippen LogP contribution in [0.3, 0.4) is 0 Å². The highest BCUT2D eigenvalue weighted by atomic mass is 14.1. The van der Waals surface area contributed by atoms with Crippen molar-refractivity contribution >= 4 is 0 Å². The van der Waals surface area contributed by atoms with E-state index in [0.29, 0.717) is 0 Å². The maximum atomic E-state index is 2.33. The fraction of sp³-hybridized carbons (Fsp3) is 0.333. The van der Waals surface area contributed by atoms with Crippen LogP contribution in [0.15, 0.2) is 54.6 Å². The zero-order valence-corrected chi connectivity index (χ0v) is 11.6. The monoisotopic (exact) mass is 238 g/mol. The number of hydrogen-bond donors (Lipinski definition) is 0. The second kappa shape index (κ2) is 5.86. The first kappa shape index (κ1) is 12.9. The summed E-state index contributed by atoms with van der Waals surface area (Å²) >= 11 is 0. The van der Waals surface area contributed by atoms with E-state index in [9.17, 15) is 0 Å². The van der Waals surface area contributed by atoms with Gasteiger partial charge in [-0.1, -0.05) is 75.4 Å². The van der Waals surface area contributed by atoms with E-state index in [4.69, 9.17) is 0 Å². The zero-order valence-electron chi connectivity index (χ0n) is 11.6. The molecule has 0 saturated heterocycles. The Bertz CT molecular complexity index is 465. The average Bonchev–Trinajstić information content (AvgIpc) is 2.40. The molecule has 0 aromatic heterocycles. The van der Waals surface area contributed by atoms with Crippen LogP contribution in [0.4, 0.5) is 0 Å². The Labute approximate surface area is 111 Å². The minimum atomic E-state index is 0.743. The van der Waals surface area contributed by atoms with E-state index in [-0.39, 0.29) is 0 Å². The SMILES string of the molecule is CC(C)[C@@H](C)Cc1ccc(-c2ccccc2)cc1. The molecule has 94 valence electrons. The van der Waals surface area contributed by atoms with Crippen LogP contribution in [-0.4, -0.2) is 0 Å². The van der Waals surface area contributed by atoms with Gasteiger partial charge in [-0.05, 0) is 34.9 Å². The lowest BCUT2D eigenvalue weighted by atomic mass is 9.90. The molecule has 0 aliphatic rings. The van der Waals surface area contributed by atoms with Crippen molar-refractivity contribution < 1.29 is 0 Å². The molecular formula is C18H22. The first-order valence-corrected chi connectivity index (χ1v) is 6.81. The Morgan fingerprint density at radius 1 is 0.722 bits per heavy atom. The van der Waals surface area contributed by atoms with Gasteiger partial charge in [0, 0.05) is 0 Å². The van der Waals surface area contributed by atoms with E-state index in [1.807, 2.05) is 0 Å². The quantitative estimate of drug-likeness (QED) is 0.687. The van der Waals surface area contributed by atoms with Crippen LogP contribution in [0.25, 0.3) is 11.1 Å². The van der Waals surface area contributed by atoms with E-state index in [2.05, 4.69) is 75.4 Å². The highest BCUT2D eigenvalue weighted by Crippen LogP contribution is 2.21. The summed E-state index contributed by atoms with van der Waals surface area (Å²) < 4.78 is 0. The Hall–Kier alpha value is -1.56. The maximum absolute atomic E-state index is 2.33.